The van der Waals surface area contributed by atoms with Crippen LogP contribution >= 0.6 is 22.9 Å². The Hall–Kier alpha value is -0.880. The van der Waals surface area contributed by atoms with Gasteiger partial charge in [-0.1, -0.05) is 11.6 Å². The van der Waals surface area contributed by atoms with Crippen molar-refractivity contribution in [2.75, 3.05) is 0 Å². The number of rotatable bonds is 2. The fourth-order valence-corrected chi connectivity index (χ4v) is 4.16. The van der Waals surface area contributed by atoms with Gasteiger partial charge in [-0.3, -0.25) is 0 Å². The van der Waals surface area contributed by atoms with Crippen LogP contribution in [0.4, 0.5) is 13.2 Å². The molecule has 3 rings (SSSR count). The Labute approximate surface area is 123 Å². The van der Waals surface area contributed by atoms with Crippen molar-refractivity contribution in [3.63, 3.8) is 0 Å². The van der Waals surface area contributed by atoms with Crippen molar-refractivity contribution in [2.24, 2.45) is 0 Å². The van der Waals surface area contributed by atoms with Gasteiger partial charge in [-0.05, 0) is 31.2 Å². The van der Waals surface area contributed by atoms with Crippen molar-refractivity contribution in [1.29, 1.82) is 0 Å². The average Bonchev–Trinajstić information content (AvgIpc) is 2.74. The van der Waals surface area contributed by atoms with E-state index in [1.807, 2.05) is 0 Å². The van der Waals surface area contributed by atoms with E-state index in [1.54, 1.807) is 11.3 Å². The summed E-state index contributed by atoms with van der Waals surface area (Å²) in [5, 5.41) is 1.15. The fraction of sp³-hybridized carbons (Fsp3) is 0.538. The maximum absolute atomic E-state index is 12.3. The lowest BCUT2D eigenvalue weighted by molar-refractivity contribution is -0.134. The van der Waals surface area contributed by atoms with Gasteiger partial charge in [0.1, 0.15) is 15.8 Å². The number of thiophene rings is 1. The second kappa shape index (κ2) is 5.15. The summed E-state index contributed by atoms with van der Waals surface area (Å²) < 4.78 is 36.8. The highest BCUT2D eigenvalue weighted by atomic mass is 35.5. The van der Waals surface area contributed by atoms with Crippen molar-refractivity contribution < 1.29 is 13.2 Å². The van der Waals surface area contributed by atoms with Crippen LogP contribution in [0.5, 0.6) is 0 Å². The Morgan fingerprint density at radius 2 is 1.90 bits per heavy atom. The van der Waals surface area contributed by atoms with Gasteiger partial charge in [0.2, 0.25) is 0 Å². The minimum absolute atomic E-state index is 0.179. The zero-order chi connectivity index (χ0) is 14.3. The molecule has 1 aliphatic rings. The highest BCUT2D eigenvalue weighted by Crippen LogP contribution is 2.38. The number of halogens is 4. The molecule has 0 spiro atoms. The summed E-state index contributed by atoms with van der Waals surface area (Å²) in [7, 11) is 0. The van der Waals surface area contributed by atoms with E-state index in [0.717, 1.165) is 35.9 Å². The molecule has 0 saturated heterocycles. The second-order valence-electron chi connectivity index (χ2n) is 4.94. The standard InChI is InChI=1S/C13H12ClF3N2S/c14-11-10-7-3-1-2-4-8(7)20-12(10)19-9(18-11)5-6-13(15,16)17/h1-6H2. The summed E-state index contributed by atoms with van der Waals surface area (Å²) in [6, 6.07) is 0. The minimum atomic E-state index is -4.19. The van der Waals surface area contributed by atoms with Crippen LogP contribution in [0.15, 0.2) is 0 Å². The predicted molar refractivity (Wildman–Crippen MR) is 73.4 cm³/mol. The molecular formula is C13H12ClF3N2S. The molecule has 0 atom stereocenters. The maximum Gasteiger partial charge on any atom is 0.389 e. The smallest absolute Gasteiger partial charge is 0.222 e. The molecule has 2 aromatic heterocycles. The highest BCUT2D eigenvalue weighted by Gasteiger charge is 2.28. The van der Waals surface area contributed by atoms with Gasteiger partial charge in [-0.2, -0.15) is 13.2 Å². The molecule has 2 heterocycles. The first-order valence-electron chi connectivity index (χ1n) is 6.47. The molecule has 0 N–H and O–H groups in total. The summed E-state index contributed by atoms with van der Waals surface area (Å²) in [6.45, 7) is 0. The lowest BCUT2D eigenvalue weighted by Crippen LogP contribution is -2.10. The summed E-state index contributed by atoms with van der Waals surface area (Å²) in [4.78, 5) is 10.3. The molecule has 2 nitrogen and oxygen atoms in total. The molecule has 0 bridgehead atoms. The SMILES string of the molecule is FC(F)(F)CCc1nc(Cl)c2c3c(sc2n1)CCCC3. The Morgan fingerprint density at radius 1 is 1.15 bits per heavy atom. The third kappa shape index (κ3) is 2.76. The van der Waals surface area contributed by atoms with Crippen molar-refractivity contribution in [1.82, 2.24) is 9.97 Å². The number of alkyl halides is 3. The van der Waals surface area contributed by atoms with Gasteiger partial charge >= 0.3 is 6.18 Å². The topological polar surface area (TPSA) is 25.8 Å². The van der Waals surface area contributed by atoms with E-state index in [-0.39, 0.29) is 12.2 Å². The Bertz CT molecular complexity index is 651. The van der Waals surface area contributed by atoms with E-state index in [4.69, 9.17) is 11.6 Å². The van der Waals surface area contributed by atoms with Crippen LogP contribution in [0.2, 0.25) is 5.15 Å². The quantitative estimate of drug-likeness (QED) is 0.748. The van der Waals surface area contributed by atoms with Crippen molar-refractivity contribution >= 4 is 33.2 Å². The highest BCUT2D eigenvalue weighted by molar-refractivity contribution is 7.19. The van der Waals surface area contributed by atoms with Crippen LogP contribution < -0.4 is 0 Å². The number of nitrogens with zero attached hydrogens (tertiary/aromatic N) is 2. The number of hydrogen-bond donors (Lipinski definition) is 0. The van der Waals surface area contributed by atoms with Gasteiger partial charge in [0.15, 0.2) is 0 Å². The largest absolute Gasteiger partial charge is 0.389 e. The predicted octanol–water partition coefficient (Wildman–Crippen LogP) is 4.72. The fourth-order valence-electron chi connectivity index (χ4n) is 2.52. The van der Waals surface area contributed by atoms with E-state index in [9.17, 15) is 13.2 Å². The number of fused-ring (bicyclic) bond motifs is 3. The molecule has 2 aromatic rings. The van der Waals surface area contributed by atoms with Crippen LogP contribution in [0.1, 0.15) is 35.5 Å². The van der Waals surface area contributed by atoms with Crippen LogP contribution in [-0.4, -0.2) is 16.1 Å². The monoisotopic (exact) mass is 320 g/mol. The summed E-state index contributed by atoms with van der Waals surface area (Å²) in [5.41, 5.74) is 1.20. The van der Waals surface area contributed by atoms with Crippen LogP contribution in [0.3, 0.4) is 0 Å². The first-order chi connectivity index (χ1) is 9.44. The molecule has 0 amide bonds. The Kier molecular flexibility index (Phi) is 3.62. The minimum Gasteiger partial charge on any atom is -0.222 e. The van der Waals surface area contributed by atoms with Gasteiger partial charge in [-0.15, -0.1) is 11.3 Å². The maximum atomic E-state index is 12.3. The third-order valence-corrected chi connectivity index (χ3v) is 4.91. The Morgan fingerprint density at radius 3 is 2.65 bits per heavy atom. The van der Waals surface area contributed by atoms with Gasteiger partial charge in [0, 0.05) is 11.3 Å². The number of hydrogen-bond acceptors (Lipinski definition) is 3. The lowest BCUT2D eigenvalue weighted by atomic mass is 9.97. The number of aromatic nitrogens is 2. The molecule has 0 saturated carbocycles. The van der Waals surface area contributed by atoms with Crippen molar-refractivity contribution in [3.05, 3.63) is 21.4 Å². The average molecular weight is 321 g/mol. The van der Waals surface area contributed by atoms with E-state index in [2.05, 4.69) is 9.97 Å². The molecule has 0 aliphatic heterocycles. The van der Waals surface area contributed by atoms with Gasteiger partial charge in [0.25, 0.3) is 0 Å². The van der Waals surface area contributed by atoms with Crippen molar-refractivity contribution in [2.45, 2.75) is 44.7 Å². The normalized spacial score (nSPS) is 15.6. The number of aryl methyl sites for hydroxylation is 3. The molecule has 0 unspecified atom stereocenters. The molecule has 20 heavy (non-hydrogen) atoms. The molecule has 1 aliphatic carbocycles. The van der Waals surface area contributed by atoms with Crippen LogP contribution in [0, 0.1) is 0 Å². The van der Waals surface area contributed by atoms with E-state index >= 15 is 0 Å². The van der Waals surface area contributed by atoms with Gasteiger partial charge < -0.3 is 0 Å². The summed E-state index contributed by atoms with van der Waals surface area (Å²) in [6.07, 6.45) is -1.11. The molecule has 7 heteroatoms. The second-order valence-corrected chi connectivity index (χ2v) is 6.38. The van der Waals surface area contributed by atoms with Gasteiger partial charge in [0.05, 0.1) is 11.8 Å². The molecule has 0 fully saturated rings. The van der Waals surface area contributed by atoms with Crippen LogP contribution in [0.25, 0.3) is 10.2 Å². The third-order valence-electron chi connectivity index (χ3n) is 3.45. The zero-order valence-corrected chi connectivity index (χ0v) is 12.1. The van der Waals surface area contributed by atoms with E-state index in [1.165, 1.54) is 10.4 Å². The molecule has 108 valence electrons. The van der Waals surface area contributed by atoms with E-state index in [0.29, 0.717) is 5.15 Å². The molecule has 0 aromatic carbocycles. The molecule has 0 radical (unpaired) electrons. The first kappa shape index (κ1) is 14.1. The zero-order valence-electron chi connectivity index (χ0n) is 10.6. The lowest BCUT2D eigenvalue weighted by Gasteiger charge is -2.10. The summed E-state index contributed by atoms with van der Waals surface area (Å²) in [5.74, 6) is 0.179. The van der Waals surface area contributed by atoms with Crippen molar-refractivity contribution in [3.8, 4) is 0 Å². The first-order valence-corrected chi connectivity index (χ1v) is 7.67. The van der Waals surface area contributed by atoms with Crippen LogP contribution in [-0.2, 0) is 19.3 Å². The van der Waals surface area contributed by atoms with Gasteiger partial charge in [-0.25, -0.2) is 9.97 Å². The summed E-state index contributed by atoms with van der Waals surface area (Å²) >= 11 is 7.71. The Balaban J connectivity index is 1.98. The molecular weight excluding hydrogens is 309 g/mol. The van der Waals surface area contributed by atoms with E-state index < -0.39 is 12.6 Å².